The van der Waals surface area contributed by atoms with Gasteiger partial charge in [-0.15, -0.1) is 0 Å². The van der Waals surface area contributed by atoms with E-state index in [0.29, 0.717) is 19.7 Å². The van der Waals surface area contributed by atoms with Crippen LogP contribution in [-0.4, -0.2) is 75.2 Å². The Labute approximate surface area is 141 Å². The highest BCUT2D eigenvalue weighted by Crippen LogP contribution is 2.32. The number of ether oxygens (including phenoxy) is 1. The minimum Gasteiger partial charge on any atom is -0.383 e. The third-order valence-electron chi connectivity index (χ3n) is 5.54. The fourth-order valence-corrected chi connectivity index (χ4v) is 4.08. The van der Waals surface area contributed by atoms with Crippen LogP contribution in [0.1, 0.15) is 39.0 Å². The third kappa shape index (κ3) is 6.40. The zero-order valence-electron chi connectivity index (χ0n) is 15.1. The van der Waals surface area contributed by atoms with Crippen LogP contribution in [0, 0.1) is 11.8 Å². The molecule has 0 unspecified atom stereocenters. The normalized spacial score (nSPS) is 27.0. The molecule has 1 aliphatic heterocycles. The number of amides is 1. The number of methoxy groups -OCH3 is 1. The predicted octanol–water partition coefficient (Wildman–Crippen LogP) is 1.58. The monoisotopic (exact) mass is 325 g/mol. The second-order valence-electron chi connectivity index (χ2n) is 7.13. The van der Waals surface area contributed by atoms with Gasteiger partial charge in [0.05, 0.1) is 13.2 Å². The molecular weight excluding hydrogens is 290 g/mol. The van der Waals surface area contributed by atoms with Gasteiger partial charge in [0, 0.05) is 46.4 Å². The van der Waals surface area contributed by atoms with E-state index in [1.165, 1.54) is 38.6 Å². The minimum absolute atomic E-state index is 0.119. The lowest BCUT2D eigenvalue weighted by Gasteiger charge is -2.39. The van der Waals surface area contributed by atoms with Crippen molar-refractivity contribution in [3.63, 3.8) is 0 Å². The smallest absolute Gasteiger partial charge is 0.234 e. The molecule has 0 aromatic rings. The summed E-state index contributed by atoms with van der Waals surface area (Å²) in [6.45, 7) is 9.59. The van der Waals surface area contributed by atoms with E-state index in [1.54, 1.807) is 7.11 Å². The Morgan fingerprint density at radius 3 is 2.39 bits per heavy atom. The SMILES string of the molecule is CC[C@H]1CCCC[C@@H]1CN1CCN(CC(=O)NCCOC)CC1. The van der Waals surface area contributed by atoms with E-state index in [1.807, 2.05) is 0 Å². The number of hydrogen-bond acceptors (Lipinski definition) is 4. The van der Waals surface area contributed by atoms with Crippen LogP contribution in [-0.2, 0) is 9.53 Å². The van der Waals surface area contributed by atoms with Gasteiger partial charge in [0.1, 0.15) is 0 Å². The average Bonchev–Trinajstić information content (AvgIpc) is 2.57. The third-order valence-corrected chi connectivity index (χ3v) is 5.54. The Balaban J connectivity index is 1.64. The van der Waals surface area contributed by atoms with Gasteiger partial charge in [-0.05, 0) is 18.3 Å². The Kier molecular flexibility index (Phi) is 8.34. The van der Waals surface area contributed by atoms with Gasteiger partial charge in [-0.3, -0.25) is 9.69 Å². The Morgan fingerprint density at radius 1 is 1.09 bits per heavy atom. The van der Waals surface area contributed by atoms with Gasteiger partial charge in [0.25, 0.3) is 0 Å². The summed E-state index contributed by atoms with van der Waals surface area (Å²) in [6.07, 6.45) is 7.04. The summed E-state index contributed by atoms with van der Waals surface area (Å²) in [7, 11) is 1.65. The Morgan fingerprint density at radius 2 is 1.74 bits per heavy atom. The largest absolute Gasteiger partial charge is 0.383 e. The van der Waals surface area contributed by atoms with Crippen molar-refractivity contribution in [2.75, 3.05) is 59.5 Å². The molecule has 134 valence electrons. The molecule has 0 aromatic heterocycles. The lowest BCUT2D eigenvalue weighted by atomic mass is 9.77. The van der Waals surface area contributed by atoms with Gasteiger partial charge in [0.2, 0.25) is 5.91 Å². The molecule has 0 spiro atoms. The van der Waals surface area contributed by atoms with E-state index < -0.39 is 0 Å². The molecule has 1 amide bonds. The lowest BCUT2D eigenvalue weighted by molar-refractivity contribution is -0.122. The number of carbonyl (C=O) groups excluding carboxylic acids is 1. The summed E-state index contributed by atoms with van der Waals surface area (Å²) in [5.74, 6) is 1.96. The molecule has 1 aliphatic carbocycles. The van der Waals surface area contributed by atoms with E-state index in [2.05, 4.69) is 22.0 Å². The second kappa shape index (κ2) is 10.3. The quantitative estimate of drug-likeness (QED) is 0.688. The molecule has 2 fully saturated rings. The van der Waals surface area contributed by atoms with E-state index in [-0.39, 0.29) is 5.91 Å². The van der Waals surface area contributed by atoms with Crippen molar-refractivity contribution in [1.82, 2.24) is 15.1 Å². The highest BCUT2D eigenvalue weighted by atomic mass is 16.5. The van der Waals surface area contributed by atoms with Crippen LogP contribution in [0.15, 0.2) is 0 Å². The number of hydrogen-bond donors (Lipinski definition) is 1. The minimum atomic E-state index is 0.119. The van der Waals surface area contributed by atoms with Gasteiger partial charge in [0.15, 0.2) is 0 Å². The summed E-state index contributed by atoms with van der Waals surface area (Å²) in [4.78, 5) is 16.7. The van der Waals surface area contributed by atoms with Gasteiger partial charge < -0.3 is 15.0 Å². The first-order valence-corrected chi connectivity index (χ1v) is 9.43. The molecule has 0 radical (unpaired) electrons. The van der Waals surface area contributed by atoms with Crippen molar-refractivity contribution in [3.05, 3.63) is 0 Å². The first-order valence-electron chi connectivity index (χ1n) is 9.43. The molecule has 5 heteroatoms. The molecule has 2 atom stereocenters. The molecule has 2 aliphatic rings. The van der Waals surface area contributed by atoms with Crippen LogP contribution >= 0.6 is 0 Å². The molecule has 2 rings (SSSR count). The fraction of sp³-hybridized carbons (Fsp3) is 0.944. The maximum absolute atomic E-state index is 11.8. The van der Waals surface area contributed by atoms with E-state index in [4.69, 9.17) is 4.74 Å². The van der Waals surface area contributed by atoms with Crippen LogP contribution in [0.25, 0.3) is 0 Å². The maximum Gasteiger partial charge on any atom is 0.234 e. The highest BCUT2D eigenvalue weighted by Gasteiger charge is 2.27. The zero-order valence-corrected chi connectivity index (χ0v) is 15.1. The molecule has 0 aromatic carbocycles. The van der Waals surface area contributed by atoms with Crippen molar-refractivity contribution in [3.8, 4) is 0 Å². The molecule has 0 bridgehead atoms. The van der Waals surface area contributed by atoms with Gasteiger partial charge in [-0.2, -0.15) is 0 Å². The van der Waals surface area contributed by atoms with Crippen LogP contribution in [0.2, 0.25) is 0 Å². The molecule has 1 heterocycles. The molecule has 1 saturated carbocycles. The van der Waals surface area contributed by atoms with E-state index >= 15 is 0 Å². The summed E-state index contributed by atoms with van der Waals surface area (Å²) >= 11 is 0. The van der Waals surface area contributed by atoms with Crippen LogP contribution in [0.3, 0.4) is 0 Å². The zero-order chi connectivity index (χ0) is 16.5. The molecule has 23 heavy (non-hydrogen) atoms. The highest BCUT2D eigenvalue weighted by molar-refractivity contribution is 5.77. The van der Waals surface area contributed by atoms with Crippen LogP contribution in [0.5, 0.6) is 0 Å². The van der Waals surface area contributed by atoms with Gasteiger partial charge >= 0.3 is 0 Å². The summed E-state index contributed by atoms with van der Waals surface area (Å²) in [5, 5.41) is 2.90. The van der Waals surface area contributed by atoms with Gasteiger partial charge in [-0.1, -0.05) is 32.6 Å². The standard InChI is InChI=1S/C18H35N3O2/c1-3-16-6-4-5-7-17(16)14-20-9-11-21(12-10-20)15-18(22)19-8-13-23-2/h16-17H,3-15H2,1-2H3,(H,19,22)/t16-,17+/m0/s1. The van der Waals surface area contributed by atoms with Crippen LogP contribution < -0.4 is 5.32 Å². The molecular formula is C18H35N3O2. The molecule has 5 nitrogen and oxygen atoms in total. The number of nitrogens with zero attached hydrogens (tertiary/aromatic N) is 2. The van der Waals surface area contributed by atoms with Gasteiger partial charge in [-0.25, -0.2) is 0 Å². The van der Waals surface area contributed by atoms with Crippen molar-refractivity contribution in [2.24, 2.45) is 11.8 Å². The van der Waals surface area contributed by atoms with Crippen molar-refractivity contribution >= 4 is 5.91 Å². The van der Waals surface area contributed by atoms with E-state index in [9.17, 15) is 4.79 Å². The number of nitrogens with one attached hydrogen (secondary N) is 1. The first-order chi connectivity index (χ1) is 11.2. The van der Waals surface area contributed by atoms with Crippen molar-refractivity contribution in [2.45, 2.75) is 39.0 Å². The Hall–Kier alpha value is -0.650. The summed E-state index contributed by atoms with van der Waals surface area (Å²) in [6, 6.07) is 0. The average molecular weight is 325 g/mol. The topological polar surface area (TPSA) is 44.8 Å². The fourth-order valence-electron chi connectivity index (χ4n) is 4.08. The molecule has 1 saturated heterocycles. The van der Waals surface area contributed by atoms with Crippen molar-refractivity contribution < 1.29 is 9.53 Å². The Bertz CT molecular complexity index is 343. The maximum atomic E-state index is 11.8. The number of rotatable bonds is 8. The lowest BCUT2D eigenvalue weighted by Crippen LogP contribution is -2.51. The summed E-state index contributed by atoms with van der Waals surface area (Å²) < 4.78 is 4.95. The number of piperazine rings is 1. The molecule has 1 N–H and O–H groups in total. The van der Waals surface area contributed by atoms with Crippen LogP contribution in [0.4, 0.5) is 0 Å². The predicted molar refractivity (Wildman–Crippen MR) is 93.5 cm³/mol. The van der Waals surface area contributed by atoms with E-state index in [0.717, 1.165) is 38.0 Å². The summed E-state index contributed by atoms with van der Waals surface area (Å²) in [5.41, 5.74) is 0. The van der Waals surface area contributed by atoms with Crippen molar-refractivity contribution in [1.29, 1.82) is 0 Å². The second-order valence-corrected chi connectivity index (χ2v) is 7.13. The first kappa shape index (κ1) is 18.7. The number of carbonyl (C=O) groups is 1.